The zero-order valence-corrected chi connectivity index (χ0v) is 14.1. The van der Waals surface area contributed by atoms with Gasteiger partial charge in [-0.25, -0.2) is 0 Å². The van der Waals surface area contributed by atoms with Gasteiger partial charge in [-0.2, -0.15) is 5.26 Å². The Hall–Kier alpha value is -1.97. The molecule has 0 amide bonds. The maximum Gasteiger partial charge on any atom is 0.226 e. The lowest BCUT2D eigenvalue weighted by molar-refractivity contribution is -0.121. The number of fused-ring (bicyclic) bond motifs is 3. The zero-order valence-electron chi connectivity index (χ0n) is 14.1. The highest BCUT2D eigenvalue weighted by atomic mass is 16.5. The van der Waals surface area contributed by atoms with Crippen molar-refractivity contribution in [3.8, 4) is 6.07 Å². The summed E-state index contributed by atoms with van der Waals surface area (Å²) in [6.07, 6.45) is 0.427. The van der Waals surface area contributed by atoms with Crippen molar-refractivity contribution in [1.82, 2.24) is 9.80 Å². The number of ketones is 2. The highest BCUT2D eigenvalue weighted by molar-refractivity contribution is 6.25. The number of Topliss-reactive ketones (excluding diaryl/α,β-unsaturated/α-hetero) is 2. The number of piperazine rings is 1. The van der Waals surface area contributed by atoms with Gasteiger partial charge in [-0.05, 0) is 34.4 Å². The van der Waals surface area contributed by atoms with Crippen LogP contribution in [0.15, 0.2) is 22.5 Å². The van der Waals surface area contributed by atoms with Crippen LogP contribution in [-0.4, -0.2) is 66.7 Å². The molecule has 2 aliphatic heterocycles. The molecule has 122 valence electrons. The fourth-order valence-electron chi connectivity index (χ4n) is 4.25. The first kappa shape index (κ1) is 15.9. The second-order valence-electron chi connectivity index (χ2n) is 6.57. The molecule has 0 N–H and O–H groups in total. The molecule has 0 aromatic carbocycles. The Labute approximate surface area is 136 Å². The van der Waals surface area contributed by atoms with Gasteiger partial charge in [-0.1, -0.05) is 0 Å². The molecule has 4 atom stereocenters. The predicted octanol–water partition coefficient (Wildman–Crippen LogP) is 0.654. The molecule has 6 heteroatoms. The molecule has 3 aliphatic rings. The number of allylic oxidation sites excluding steroid dienone is 2. The lowest BCUT2D eigenvalue weighted by Gasteiger charge is -2.54. The largest absolute Gasteiger partial charge is 0.492 e. The van der Waals surface area contributed by atoms with E-state index in [4.69, 9.17) is 4.74 Å². The molecule has 0 unspecified atom stereocenters. The number of methoxy groups -OCH3 is 1. The highest BCUT2D eigenvalue weighted by Gasteiger charge is 2.52. The summed E-state index contributed by atoms with van der Waals surface area (Å²) in [6.45, 7) is 3.63. The number of nitrogens with zero attached hydrogens (tertiary/aromatic N) is 3. The molecule has 0 spiro atoms. The maximum absolute atomic E-state index is 12.9. The number of hydrogen-bond acceptors (Lipinski definition) is 6. The molecular formula is C17H21N3O3. The van der Waals surface area contributed by atoms with Gasteiger partial charge in [0.2, 0.25) is 5.78 Å². The normalized spacial score (nSPS) is 35.3. The first-order valence-electron chi connectivity index (χ1n) is 7.75. The number of hydrogen-bond donors (Lipinski definition) is 0. The highest BCUT2D eigenvalue weighted by Crippen LogP contribution is 2.42. The molecule has 6 nitrogen and oxygen atoms in total. The van der Waals surface area contributed by atoms with Gasteiger partial charge in [-0.15, -0.1) is 0 Å². The maximum atomic E-state index is 12.9. The van der Waals surface area contributed by atoms with Crippen molar-refractivity contribution >= 4 is 11.6 Å². The number of rotatable bonds is 1. The summed E-state index contributed by atoms with van der Waals surface area (Å²) in [5, 5.41) is 9.54. The Morgan fingerprint density at radius 2 is 1.87 bits per heavy atom. The Balaban J connectivity index is 2.17. The van der Waals surface area contributed by atoms with E-state index < -0.39 is 0 Å². The van der Waals surface area contributed by atoms with E-state index in [-0.39, 0.29) is 41.5 Å². The second kappa shape index (κ2) is 5.29. The monoisotopic (exact) mass is 315 g/mol. The smallest absolute Gasteiger partial charge is 0.226 e. The molecule has 3 rings (SSSR count). The Bertz CT molecular complexity index is 700. The standard InChI is InChI=1S/C17H21N3O3/c1-8-15(21)10-6-11-12(7-18)19(3)9(2)14(20(11)4)13(10)16(22)17(8)23-5/h9,11-12,14H,6H2,1-5H3/t9-,11-,12-,14-/m0/s1. The van der Waals surface area contributed by atoms with Crippen LogP contribution in [0.25, 0.3) is 0 Å². The van der Waals surface area contributed by atoms with Gasteiger partial charge in [-0.3, -0.25) is 19.4 Å². The van der Waals surface area contributed by atoms with Crippen LogP contribution >= 0.6 is 0 Å². The van der Waals surface area contributed by atoms with Crippen LogP contribution in [-0.2, 0) is 14.3 Å². The van der Waals surface area contributed by atoms with E-state index in [1.54, 1.807) is 6.92 Å². The molecule has 0 radical (unpaired) electrons. The lowest BCUT2D eigenvalue weighted by atomic mass is 9.72. The summed E-state index contributed by atoms with van der Waals surface area (Å²) in [6, 6.07) is 1.73. The molecule has 0 aromatic heterocycles. The van der Waals surface area contributed by atoms with Crippen LogP contribution in [0.1, 0.15) is 20.3 Å². The van der Waals surface area contributed by atoms with Crippen molar-refractivity contribution in [2.75, 3.05) is 21.2 Å². The van der Waals surface area contributed by atoms with Crippen LogP contribution < -0.4 is 0 Å². The molecule has 0 aromatic rings. The summed E-state index contributed by atoms with van der Waals surface area (Å²) in [4.78, 5) is 29.7. The van der Waals surface area contributed by atoms with Crippen LogP contribution in [0, 0.1) is 11.3 Å². The first-order valence-corrected chi connectivity index (χ1v) is 7.75. The van der Waals surface area contributed by atoms with E-state index in [0.29, 0.717) is 23.1 Å². The van der Waals surface area contributed by atoms with Crippen LogP contribution in [0.4, 0.5) is 0 Å². The molecule has 2 bridgehead atoms. The average molecular weight is 315 g/mol. The topological polar surface area (TPSA) is 73.6 Å². The molecular weight excluding hydrogens is 294 g/mol. The first-order chi connectivity index (χ1) is 10.8. The zero-order chi connectivity index (χ0) is 17.0. The van der Waals surface area contributed by atoms with E-state index in [9.17, 15) is 14.9 Å². The third-order valence-corrected chi connectivity index (χ3v) is 5.64. The third-order valence-electron chi connectivity index (χ3n) is 5.64. The Morgan fingerprint density at radius 1 is 1.22 bits per heavy atom. The van der Waals surface area contributed by atoms with Crippen molar-refractivity contribution in [3.63, 3.8) is 0 Å². The van der Waals surface area contributed by atoms with E-state index in [1.165, 1.54) is 7.11 Å². The Morgan fingerprint density at radius 3 is 2.43 bits per heavy atom. The van der Waals surface area contributed by atoms with Crippen molar-refractivity contribution in [2.45, 2.75) is 44.4 Å². The lowest BCUT2D eigenvalue weighted by Crippen LogP contribution is -2.68. The number of nitriles is 1. The summed E-state index contributed by atoms with van der Waals surface area (Å²) >= 11 is 0. The SMILES string of the molecule is COC1=C(C)C(=O)C2=C(C1=O)[C@@H]1[C@H](C)N(C)[C@@H](C#N)[C@H](C2)N1C. The Kier molecular flexibility index (Phi) is 3.66. The number of ether oxygens (including phenoxy) is 1. The summed E-state index contributed by atoms with van der Waals surface area (Å²) < 4.78 is 5.20. The molecule has 1 fully saturated rings. The number of carbonyl (C=O) groups is 2. The van der Waals surface area contributed by atoms with Gasteiger partial charge in [0.25, 0.3) is 0 Å². The second-order valence-corrected chi connectivity index (χ2v) is 6.57. The van der Waals surface area contributed by atoms with E-state index >= 15 is 0 Å². The van der Waals surface area contributed by atoms with Gasteiger partial charge >= 0.3 is 0 Å². The fourth-order valence-corrected chi connectivity index (χ4v) is 4.25. The van der Waals surface area contributed by atoms with Gasteiger partial charge in [0.15, 0.2) is 11.5 Å². The van der Waals surface area contributed by atoms with Crippen molar-refractivity contribution < 1.29 is 14.3 Å². The summed E-state index contributed by atoms with van der Waals surface area (Å²) in [7, 11) is 5.26. The van der Waals surface area contributed by atoms with E-state index in [2.05, 4.69) is 11.0 Å². The van der Waals surface area contributed by atoms with Crippen LogP contribution in [0.2, 0.25) is 0 Å². The minimum atomic E-state index is -0.295. The van der Waals surface area contributed by atoms with Crippen molar-refractivity contribution in [1.29, 1.82) is 5.26 Å². The van der Waals surface area contributed by atoms with Crippen LogP contribution in [0.3, 0.4) is 0 Å². The van der Waals surface area contributed by atoms with Gasteiger partial charge < -0.3 is 4.74 Å². The average Bonchev–Trinajstić information content (AvgIpc) is 2.52. The fraction of sp³-hybridized carbons (Fsp3) is 0.588. The van der Waals surface area contributed by atoms with E-state index in [0.717, 1.165) is 0 Å². The predicted molar refractivity (Wildman–Crippen MR) is 83.3 cm³/mol. The minimum absolute atomic E-state index is 0.0422. The third kappa shape index (κ3) is 1.93. The molecule has 1 aliphatic carbocycles. The molecule has 23 heavy (non-hydrogen) atoms. The van der Waals surface area contributed by atoms with Gasteiger partial charge in [0.05, 0.1) is 19.2 Å². The minimum Gasteiger partial charge on any atom is -0.492 e. The van der Waals surface area contributed by atoms with Crippen molar-refractivity contribution in [3.05, 3.63) is 22.5 Å². The molecule has 0 saturated carbocycles. The molecule has 1 saturated heterocycles. The van der Waals surface area contributed by atoms with Gasteiger partial charge in [0, 0.05) is 28.8 Å². The van der Waals surface area contributed by atoms with E-state index in [1.807, 2.05) is 25.9 Å². The van der Waals surface area contributed by atoms with Crippen molar-refractivity contribution in [2.24, 2.45) is 0 Å². The number of likely N-dealkylation sites (N-methyl/N-ethyl adjacent to an activating group) is 2. The summed E-state index contributed by atoms with van der Waals surface area (Å²) in [5.41, 5.74) is 1.49. The van der Waals surface area contributed by atoms with Crippen LogP contribution in [0.5, 0.6) is 0 Å². The summed E-state index contributed by atoms with van der Waals surface area (Å²) in [5.74, 6) is -0.156. The molecule has 2 heterocycles. The van der Waals surface area contributed by atoms with Gasteiger partial charge in [0.1, 0.15) is 6.04 Å². The quantitative estimate of drug-likeness (QED) is 0.662. The number of carbonyl (C=O) groups excluding carboxylic acids is 2.